The quantitative estimate of drug-likeness (QED) is 0.580. The third-order valence-corrected chi connectivity index (χ3v) is 5.08. The summed E-state index contributed by atoms with van der Waals surface area (Å²) >= 11 is 0. The molecule has 144 valence electrons. The minimum atomic E-state index is -0.246. The fourth-order valence-electron chi connectivity index (χ4n) is 3.60. The molecular formula is C21H18FN7. The highest BCUT2D eigenvalue weighted by Crippen LogP contribution is 2.25. The number of H-pyrrole nitrogens is 1. The van der Waals surface area contributed by atoms with E-state index in [0.717, 1.165) is 59.7 Å². The van der Waals surface area contributed by atoms with E-state index in [1.54, 1.807) is 24.5 Å². The van der Waals surface area contributed by atoms with Crippen LogP contribution in [0.25, 0.3) is 22.6 Å². The Labute approximate surface area is 166 Å². The summed E-state index contributed by atoms with van der Waals surface area (Å²) in [5.41, 5.74) is 5.95. The molecule has 0 saturated heterocycles. The van der Waals surface area contributed by atoms with Crippen molar-refractivity contribution >= 4 is 0 Å². The van der Waals surface area contributed by atoms with Crippen LogP contribution in [0.15, 0.2) is 55.4 Å². The van der Waals surface area contributed by atoms with E-state index < -0.39 is 0 Å². The number of aromatic amines is 1. The monoisotopic (exact) mass is 387 g/mol. The summed E-state index contributed by atoms with van der Waals surface area (Å²) in [6.45, 7) is 2.41. The predicted molar refractivity (Wildman–Crippen MR) is 105 cm³/mol. The van der Waals surface area contributed by atoms with Gasteiger partial charge in [0.2, 0.25) is 0 Å². The van der Waals surface area contributed by atoms with Crippen molar-refractivity contribution in [3.8, 4) is 22.6 Å². The molecule has 29 heavy (non-hydrogen) atoms. The van der Waals surface area contributed by atoms with E-state index in [0.29, 0.717) is 5.82 Å². The second-order valence-corrected chi connectivity index (χ2v) is 7.03. The maximum atomic E-state index is 13.2. The molecule has 1 aliphatic heterocycles. The van der Waals surface area contributed by atoms with Crippen molar-refractivity contribution in [2.45, 2.75) is 19.5 Å². The molecule has 5 rings (SSSR count). The van der Waals surface area contributed by atoms with Gasteiger partial charge in [0.25, 0.3) is 0 Å². The Bertz CT molecular complexity index is 1130. The zero-order valence-electron chi connectivity index (χ0n) is 15.6. The van der Waals surface area contributed by atoms with Crippen LogP contribution in [0.2, 0.25) is 0 Å². The van der Waals surface area contributed by atoms with Gasteiger partial charge in [-0.05, 0) is 24.3 Å². The molecule has 0 atom stereocenters. The van der Waals surface area contributed by atoms with Gasteiger partial charge >= 0.3 is 0 Å². The summed E-state index contributed by atoms with van der Waals surface area (Å²) in [7, 11) is 0. The molecule has 8 heteroatoms. The number of benzene rings is 1. The molecule has 0 saturated carbocycles. The maximum absolute atomic E-state index is 13.2. The molecule has 3 aromatic heterocycles. The van der Waals surface area contributed by atoms with Crippen molar-refractivity contribution in [2.24, 2.45) is 0 Å². The number of hydrogen-bond acceptors (Lipinski definition) is 6. The third kappa shape index (κ3) is 3.62. The molecule has 1 N–H and O–H groups in total. The summed E-state index contributed by atoms with van der Waals surface area (Å²) in [5, 5.41) is 7.23. The second kappa shape index (κ2) is 7.48. The van der Waals surface area contributed by atoms with Crippen molar-refractivity contribution in [2.75, 3.05) is 6.54 Å². The maximum Gasteiger partial charge on any atom is 0.162 e. The van der Waals surface area contributed by atoms with Crippen molar-refractivity contribution in [1.29, 1.82) is 0 Å². The average molecular weight is 387 g/mol. The topological polar surface area (TPSA) is 83.5 Å². The predicted octanol–water partition coefficient (Wildman–Crippen LogP) is 3.02. The van der Waals surface area contributed by atoms with Crippen molar-refractivity contribution < 1.29 is 4.39 Å². The van der Waals surface area contributed by atoms with E-state index in [4.69, 9.17) is 4.98 Å². The Morgan fingerprint density at radius 3 is 2.66 bits per heavy atom. The molecule has 0 unspecified atom stereocenters. The second-order valence-electron chi connectivity index (χ2n) is 7.03. The van der Waals surface area contributed by atoms with Gasteiger partial charge in [-0.3, -0.25) is 10.00 Å². The number of fused-ring (bicyclic) bond motifs is 1. The molecular weight excluding hydrogens is 369 g/mol. The smallest absolute Gasteiger partial charge is 0.162 e. The Hall–Kier alpha value is -3.52. The molecule has 0 bridgehead atoms. The van der Waals surface area contributed by atoms with E-state index in [2.05, 4.69) is 30.0 Å². The van der Waals surface area contributed by atoms with Crippen LogP contribution in [0.5, 0.6) is 0 Å². The van der Waals surface area contributed by atoms with Gasteiger partial charge in [-0.2, -0.15) is 5.10 Å². The van der Waals surface area contributed by atoms with Crippen LogP contribution in [0.1, 0.15) is 16.8 Å². The van der Waals surface area contributed by atoms with Gasteiger partial charge in [0.1, 0.15) is 12.1 Å². The highest BCUT2D eigenvalue weighted by molar-refractivity contribution is 5.62. The van der Waals surface area contributed by atoms with Crippen LogP contribution in [0.4, 0.5) is 4.39 Å². The van der Waals surface area contributed by atoms with Gasteiger partial charge in [-0.25, -0.2) is 24.3 Å². The minimum Gasteiger partial charge on any atom is -0.294 e. The first-order valence-corrected chi connectivity index (χ1v) is 9.37. The van der Waals surface area contributed by atoms with E-state index in [1.165, 1.54) is 18.5 Å². The van der Waals surface area contributed by atoms with Crippen LogP contribution in [-0.4, -0.2) is 41.6 Å². The first kappa shape index (κ1) is 17.6. The van der Waals surface area contributed by atoms with E-state index >= 15 is 0 Å². The number of halogens is 1. The zero-order chi connectivity index (χ0) is 19.6. The number of hydrogen-bond donors (Lipinski definition) is 1. The number of nitrogens with one attached hydrogen (secondary N) is 1. The molecule has 0 spiro atoms. The lowest BCUT2D eigenvalue weighted by atomic mass is 10.0. The van der Waals surface area contributed by atoms with Gasteiger partial charge in [0, 0.05) is 61.3 Å². The highest BCUT2D eigenvalue weighted by Gasteiger charge is 2.20. The van der Waals surface area contributed by atoms with Crippen LogP contribution in [-0.2, 0) is 19.5 Å². The third-order valence-electron chi connectivity index (χ3n) is 5.08. The van der Waals surface area contributed by atoms with Gasteiger partial charge in [-0.1, -0.05) is 0 Å². The molecule has 0 amide bonds. The molecule has 1 aromatic carbocycles. The van der Waals surface area contributed by atoms with E-state index in [1.807, 2.05) is 12.4 Å². The van der Waals surface area contributed by atoms with Crippen LogP contribution >= 0.6 is 0 Å². The van der Waals surface area contributed by atoms with Gasteiger partial charge in [-0.15, -0.1) is 0 Å². The fraction of sp³-hybridized carbons (Fsp3) is 0.190. The summed E-state index contributed by atoms with van der Waals surface area (Å²) in [5.74, 6) is 0.412. The molecule has 1 aliphatic rings. The van der Waals surface area contributed by atoms with Crippen molar-refractivity contribution in [1.82, 2.24) is 35.0 Å². The molecule has 0 aliphatic carbocycles. The van der Waals surface area contributed by atoms with Crippen molar-refractivity contribution in [3.63, 3.8) is 0 Å². The zero-order valence-corrected chi connectivity index (χ0v) is 15.6. The summed E-state index contributed by atoms with van der Waals surface area (Å²) < 4.78 is 13.2. The SMILES string of the molecule is Fc1ccc(-c2[nH]ncc2CN2CCc3nc(-c4cncnc4)ncc3C2)cc1. The largest absolute Gasteiger partial charge is 0.294 e. The minimum absolute atomic E-state index is 0.246. The number of rotatable bonds is 4. The van der Waals surface area contributed by atoms with Crippen molar-refractivity contribution in [3.05, 3.63) is 78.0 Å². The standard InChI is InChI=1S/C21H18FN7/c22-18-3-1-14(2-4-18)20-17(10-26-28-20)12-29-6-5-19-16(11-29)9-25-21(27-19)15-7-23-13-24-8-15/h1-4,7-10,13H,5-6,11-12H2,(H,26,28). The number of nitrogens with zero attached hydrogens (tertiary/aromatic N) is 6. The van der Waals surface area contributed by atoms with Crippen LogP contribution < -0.4 is 0 Å². The molecule has 0 fully saturated rings. The van der Waals surface area contributed by atoms with Gasteiger partial charge in [0.15, 0.2) is 5.82 Å². The first-order chi connectivity index (χ1) is 14.3. The number of aromatic nitrogens is 6. The normalized spacial score (nSPS) is 14.0. The Morgan fingerprint density at radius 2 is 1.83 bits per heavy atom. The molecule has 4 aromatic rings. The fourth-order valence-corrected chi connectivity index (χ4v) is 3.60. The average Bonchev–Trinajstić information content (AvgIpc) is 3.22. The summed E-state index contributed by atoms with van der Waals surface area (Å²) in [4.78, 5) is 19.6. The van der Waals surface area contributed by atoms with Crippen LogP contribution in [0, 0.1) is 5.82 Å². The van der Waals surface area contributed by atoms with E-state index in [-0.39, 0.29) is 5.82 Å². The molecule has 7 nitrogen and oxygen atoms in total. The Morgan fingerprint density at radius 1 is 1.00 bits per heavy atom. The lowest BCUT2D eigenvalue weighted by molar-refractivity contribution is 0.243. The summed E-state index contributed by atoms with van der Waals surface area (Å²) in [6, 6.07) is 6.45. The first-order valence-electron chi connectivity index (χ1n) is 9.37. The highest BCUT2D eigenvalue weighted by atomic mass is 19.1. The van der Waals surface area contributed by atoms with Crippen LogP contribution in [0.3, 0.4) is 0 Å². The molecule has 4 heterocycles. The van der Waals surface area contributed by atoms with E-state index in [9.17, 15) is 4.39 Å². The molecule has 0 radical (unpaired) electrons. The van der Waals surface area contributed by atoms with Gasteiger partial charge < -0.3 is 0 Å². The summed E-state index contributed by atoms with van der Waals surface area (Å²) in [6.07, 6.45) is 9.52. The van der Waals surface area contributed by atoms with Gasteiger partial charge in [0.05, 0.1) is 23.1 Å². The Kier molecular flexibility index (Phi) is 4.53. The lowest BCUT2D eigenvalue weighted by Crippen LogP contribution is -2.31. The lowest BCUT2D eigenvalue weighted by Gasteiger charge is -2.28. The Balaban J connectivity index is 1.34.